The molecule has 1 aromatic heterocycles. The topological polar surface area (TPSA) is 55.6 Å². The van der Waals surface area contributed by atoms with Gasteiger partial charge in [-0.15, -0.1) is 0 Å². The van der Waals surface area contributed by atoms with Crippen LogP contribution in [0.25, 0.3) is 0 Å². The quantitative estimate of drug-likeness (QED) is 0.814. The zero-order valence-electron chi connectivity index (χ0n) is 14.3. The number of aryl methyl sites for hydroxylation is 1. The zero-order valence-corrected chi connectivity index (χ0v) is 14.3. The minimum absolute atomic E-state index is 0.0464. The first-order chi connectivity index (χ1) is 11.7. The molecule has 128 valence electrons. The molecule has 1 aromatic carbocycles. The predicted octanol–water partition coefficient (Wildman–Crippen LogP) is 3.54. The third-order valence-electron chi connectivity index (χ3n) is 4.50. The summed E-state index contributed by atoms with van der Waals surface area (Å²) < 4.78 is 10.5. The largest absolute Gasteiger partial charge is 0.497 e. The van der Waals surface area contributed by atoms with Gasteiger partial charge in [-0.3, -0.25) is 4.79 Å². The van der Waals surface area contributed by atoms with Gasteiger partial charge >= 0.3 is 0 Å². The molecule has 0 spiro atoms. The van der Waals surface area contributed by atoms with Gasteiger partial charge in [-0.05, 0) is 37.0 Å². The molecule has 1 amide bonds. The lowest BCUT2D eigenvalue weighted by molar-refractivity contribution is -0.131. The minimum Gasteiger partial charge on any atom is -0.497 e. The van der Waals surface area contributed by atoms with Gasteiger partial charge in [0.05, 0.1) is 19.6 Å². The first-order valence-corrected chi connectivity index (χ1v) is 8.59. The molecule has 3 rings (SSSR count). The van der Waals surface area contributed by atoms with E-state index in [1.54, 1.807) is 7.11 Å². The summed E-state index contributed by atoms with van der Waals surface area (Å²) in [5.41, 5.74) is 1.89. The standard InChI is InChI=1S/C19H24N2O3/c1-3-5-16-13-17(20-24-16)18-6-4-11-21(18)19(22)12-14-7-9-15(23-2)10-8-14/h7-10,13,18H,3-6,11-12H2,1-2H3/t18-/m1/s1. The van der Waals surface area contributed by atoms with Crippen molar-refractivity contribution in [3.8, 4) is 5.75 Å². The number of hydrogen-bond acceptors (Lipinski definition) is 4. The molecule has 1 aliphatic rings. The van der Waals surface area contributed by atoms with Gasteiger partial charge in [0.15, 0.2) is 0 Å². The van der Waals surface area contributed by atoms with Crippen LogP contribution in [0.2, 0.25) is 0 Å². The first-order valence-electron chi connectivity index (χ1n) is 8.59. The number of methoxy groups -OCH3 is 1. The average Bonchev–Trinajstić information content (AvgIpc) is 3.24. The molecule has 0 unspecified atom stereocenters. The van der Waals surface area contributed by atoms with Crippen molar-refractivity contribution < 1.29 is 14.1 Å². The van der Waals surface area contributed by atoms with Crippen LogP contribution in [0.5, 0.6) is 5.75 Å². The van der Waals surface area contributed by atoms with Gasteiger partial charge in [-0.25, -0.2) is 0 Å². The van der Waals surface area contributed by atoms with Gasteiger partial charge in [-0.1, -0.05) is 24.2 Å². The molecule has 1 fully saturated rings. The van der Waals surface area contributed by atoms with Crippen LogP contribution in [-0.2, 0) is 17.6 Å². The number of benzene rings is 1. The summed E-state index contributed by atoms with van der Waals surface area (Å²) in [6.45, 7) is 2.90. The van der Waals surface area contributed by atoms with E-state index in [2.05, 4.69) is 12.1 Å². The number of rotatable bonds is 6. The smallest absolute Gasteiger partial charge is 0.227 e. The Hall–Kier alpha value is -2.30. The van der Waals surface area contributed by atoms with E-state index in [0.717, 1.165) is 55.0 Å². The summed E-state index contributed by atoms with van der Waals surface area (Å²) in [6.07, 6.45) is 4.28. The van der Waals surface area contributed by atoms with Crippen molar-refractivity contribution in [3.05, 3.63) is 47.3 Å². The van der Waals surface area contributed by atoms with Gasteiger partial charge in [0.25, 0.3) is 0 Å². The van der Waals surface area contributed by atoms with Crippen LogP contribution in [0.4, 0.5) is 0 Å². The van der Waals surface area contributed by atoms with E-state index in [9.17, 15) is 4.79 Å². The Balaban J connectivity index is 1.68. The van der Waals surface area contributed by atoms with E-state index in [1.165, 1.54) is 0 Å². The highest BCUT2D eigenvalue weighted by atomic mass is 16.5. The first kappa shape index (κ1) is 16.6. The molecule has 0 bridgehead atoms. The van der Waals surface area contributed by atoms with Crippen molar-refractivity contribution >= 4 is 5.91 Å². The zero-order chi connectivity index (χ0) is 16.9. The number of amides is 1. The lowest BCUT2D eigenvalue weighted by Gasteiger charge is -2.23. The number of ether oxygens (including phenoxy) is 1. The van der Waals surface area contributed by atoms with Gasteiger partial charge in [0, 0.05) is 19.0 Å². The molecule has 0 aliphatic carbocycles. The highest BCUT2D eigenvalue weighted by Gasteiger charge is 2.32. The minimum atomic E-state index is 0.0464. The lowest BCUT2D eigenvalue weighted by Crippen LogP contribution is -2.32. The Morgan fingerprint density at radius 1 is 1.38 bits per heavy atom. The molecule has 1 saturated heterocycles. The summed E-state index contributed by atoms with van der Waals surface area (Å²) in [4.78, 5) is 14.7. The molecule has 5 nitrogen and oxygen atoms in total. The third-order valence-corrected chi connectivity index (χ3v) is 4.50. The summed E-state index contributed by atoms with van der Waals surface area (Å²) >= 11 is 0. The lowest BCUT2D eigenvalue weighted by atomic mass is 10.1. The molecule has 2 heterocycles. The number of aromatic nitrogens is 1. The highest BCUT2D eigenvalue weighted by molar-refractivity contribution is 5.79. The van der Waals surface area contributed by atoms with Crippen LogP contribution in [0, 0.1) is 0 Å². The molecule has 2 aromatic rings. The second kappa shape index (κ2) is 7.51. The number of carbonyl (C=O) groups is 1. The fraction of sp³-hybridized carbons (Fsp3) is 0.474. The molecule has 1 aliphatic heterocycles. The van der Waals surface area contributed by atoms with Crippen molar-refractivity contribution in [2.24, 2.45) is 0 Å². The molecular weight excluding hydrogens is 304 g/mol. The second-order valence-corrected chi connectivity index (χ2v) is 6.24. The van der Waals surface area contributed by atoms with Crippen molar-refractivity contribution in [1.82, 2.24) is 10.1 Å². The van der Waals surface area contributed by atoms with E-state index < -0.39 is 0 Å². The summed E-state index contributed by atoms with van der Waals surface area (Å²) in [5, 5.41) is 4.19. The fourth-order valence-electron chi connectivity index (χ4n) is 3.24. The maximum absolute atomic E-state index is 12.7. The van der Waals surface area contributed by atoms with E-state index in [4.69, 9.17) is 9.26 Å². The molecule has 1 atom stereocenters. The molecule has 24 heavy (non-hydrogen) atoms. The molecular formula is C19H24N2O3. The number of likely N-dealkylation sites (tertiary alicyclic amines) is 1. The Bertz CT molecular complexity index is 678. The monoisotopic (exact) mass is 328 g/mol. The third kappa shape index (κ3) is 3.61. The van der Waals surface area contributed by atoms with Crippen LogP contribution in [-0.4, -0.2) is 29.6 Å². The van der Waals surface area contributed by atoms with E-state index in [-0.39, 0.29) is 11.9 Å². The van der Waals surface area contributed by atoms with Gasteiger partial charge in [-0.2, -0.15) is 0 Å². The van der Waals surface area contributed by atoms with E-state index >= 15 is 0 Å². The predicted molar refractivity (Wildman–Crippen MR) is 90.9 cm³/mol. The Labute approximate surface area is 142 Å². The van der Waals surface area contributed by atoms with Crippen LogP contribution in [0.1, 0.15) is 49.2 Å². The number of carbonyl (C=O) groups excluding carboxylic acids is 1. The Morgan fingerprint density at radius 2 is 2.17 bits per heavy atom. The molecule has 5 heteroatoms. The summed E-state index contributed by atoms with van der Waals surface area (Å²) in [6, 6.07) is 9.71. The Morgan fingerprint density at radius 3 is 2.88 bits per heavy atom. The van der Waals surface area contributed by atoms with E-state index in [0.29, 0.717) is 6.42 Å². The maximum Gasteiger partial charge on any atom is 0.227 e. The van der Waals surface area contributed by atoms with Gasteiger partial charge in [0.2, 0.25) is 5.91 Å². The van der Waals surface area contributed by atoms with Crippen molar-refractivity contribution in [1.29, 1.82) is 0 Å². The number of nitrogens with zero attached hydrogens (tertiary/aromatic N) is 2. The molecule has 0 N–H and O–H groups in total. The molecule has 0 saturated carbocycles. The highest BCUT2D eigenvalue weighted by Crippen LogP contribution is 2.32. The van der Waals surface area contributed by atoms with Crippen LogP contribution in [0.15, 0.2) is 34.9 Å². The van der Waals surface area contributed by atoms with Crippen molar-refractivity contribution in [2.45, 2.75) is 45.1 Å². The van der Waals surface area contributed by atoms with Crippen LogP contribution in [0.3, 0.4) is 0 Å². The van der Waals surface area contributed by atoms with Crippen LogP contribution >= 0.6 is 0 Å². The SMILES string of the molecule is CCCc1cc([C@H]2CCCN2C(=O)Cc2ccc(OC)cc2)no1. The van der Waals surface area contributed by atoms with Gasteiger partial charge in [0.1, 0.15) is 17.2 Å². The Kier molecular flexibility index (Phi) is 5.18. The molecule has 0 radical (unpaired) electrons. The summed E-state index contributed by atoms with van der Waals surface area (Å²) in [5.74, 6) is 1.85. The van der Waals surface area contributed by atoms with Crippen molar-refractivity contribution in [3.63, 3.8) is 0 Å². The second-order valence-electron chi connectivity index (χ2n) is 6.24. The number of hydrogen-bond donors (Lipinski definition) is 0. The van der Waals surface area contributed by atoms with Gasteiger partial charge < -0.3 is 14.2 Å². The maximum atomic E-state index is 12.7. The average molecular weight is 328 g/mol. The normalized spacial score (nSPS) is 17.2. The van der Waals surface area contributed by atoms with E-state index in [1.807, 2.05) is 35.2 Å². The van der Waals surface area contributed by atoms with Crippen molar-refractivity contribution in [2.75, 3.05) is 13.7 Å². The summed E-state index contributed by atoms with van der Waals surface area (Å²) in [7, 11) is 1.64. The fourth-order valence-corrected chi connectivity index (χ4v) is 3.24. The van der Waals surface area contributed by atoms with Crippen LogP contribution < -0.4 is 4.74 Å².